The number of carbonyl (C=O) groups excluding carboxylic acids is 3. The lowest BCUT2D eigenvalue weighted by Gasteiger charge is -2.29. The predicted octanol–water partition coefficient (Wildman–Crippen LogP) is 2.14. The molecule has 0 spiro atoms. The van der Waals surface area contributed by atoms with Crippen LogP contribution < -0.4 is 4.90 Å². The highest BCUT2D eigenvalue weighted by Crippen LogP contribution is 2.27. The van der Waals surface area contributed by atoms with Gasteiger partial charge in [0.15, 0.2) is 6.29 Å². The zero-order chi connectivity index (χ0) is 19.4. The first-order chi connectivity index (χ1) is 13.1. The molecule has 1 aliphatic heterocycles. The van der Waals surface area contributed by atoms with Gasteiger partial charge in [-0.25, -0.2) is 4.90 Å². The molecule has 1 fully saturated rings. The molecule has 0 bridgehead atoms. The van der Waals surface area contributed by atoms with Gasteiger partial charge in [0.2, 0.25) is 5.91 Å². The summed E-state index contributed by atoms with van der Waals surface area (Å²) in [6.07, 6.45) is -0.784. The van der Waals surface area contributed by atoms with Crippen molar-refractivity contribution in [2.75, 3.05) is 25.7 Å². The average Bonchev–Trinajstić information content (AvgIpc) is 3.32. The maximum absolute atomic E-state index is 13.0. The van der Waals surface area contributed by atoms with Gasteiger partial charge in [-0.15, -0.1) is 11.3 Å². The minimum atomic E-state index is -0.903. The number of benzene rings is 1. The van der Waals surface area contributed by atoms with E-state index in [1.807, 2.05) is 0 Å². The van der Waals surface area contributed by atoms with Crippen molar-refractivity contribution in [3.05, 3.63) is 52.7 Å². The molecule has 27 heavy (non-hydrogen) atoms. The summed E-state index contributed by atoms with van der Waals surface area (Å²) >= 11 is 1.28. The smallest absolute Gasteiger partial charge is 0.264 e. The van der Waals surface area contributed by atoms with Crippen molar-refractivity contribution in [3.8, 4) is 0 Å². The lowest BCUT2D eigenvalue weighted by Crippen LogP contribution is -2.49. The van der Waals surface area contributed by atoms with Gasteiger partial charge in [0.1, 0.15) is 6.04 Å². The number of para-hydroxylation sites is 1. The number of methoxy groups -OCH3 is 2. The molecule has 1 aromatic heterocycles. The Labute approximate surface area is 161 Å². The minimum absolute atomic E-state index is 0.0377. The van der Waals surface area contributed by atoms with Gasteiger partial charge in [0.05, 0.1) is 23.5 Å². The van der Waals surface area contributed by atoms with E-state index in [0.29, 0.717) is 10.6 Å². The second kappa shape index (κ2) is 8.43. The molecule has 1 aliphatic rings. The molecule has 3 rings (SSSR count). The molecule has 142 valence electrons. The van der Waals surface area contributed by atoms with Gasteiger partial charge in [0.25, 0.3) is 11.8 Å². The van der Waals surface area contributed by atoms with Crippen molar-refractivity contribution < 1.29 is 23.9 Å². The number of amides is 3. The number of carbonyl (C=O) groups is 3. The largest absolute Gasteiger partial charge is 0.354 e. The molecule has 1 aromatic carbocycles. The van der Waals surface area contributed by atoms with E-state index < -0.39 is 18.2 Å². The van der Waals surface area contributed by atoms with Crippen LogP contribution in [0.15, 0.2) is 47.8 Å². The summed E-state index contributed by atoms with van der Waals surface area (Å²) in [5, 5.41) is 1.79. The van der Waals surface area contributed by atoms with Crippen LogP contribution in [0.1, 0.15) is 16.1 Å². The normalized spacial score (nSPS) is 17.0. The summed E-state index contributed by atoms with van der Waals surface area (Å²) in [5.41, 5.74) is 0.494. The summed E-state index contributed by atoms with van der Waals surface area (Å²) < 4.78 is 10.4. The number of hydrogen-bond acceptors (Lipinski definition) is 6. The average molecular weight is 388 g/mol. The van der Waals surface area contributed by atoms with Crippen LogP contribution >= 0.6 is 11.3 Å². The van der Waals surface area contributed by atoms with Crippen molar-refractivity contribution in [1.29, 1.82) is 0 Å². The van der Waals surface area contributed by atoms with Crippen LogP contribution in [0.2, 0.25) is 0 Å². The monoisotopic (exact) mass is 388 g/mol. The SMILES string of the molecule is COC(CN(C(=O)c1cccs1)C1CC(=O)N(c2ccccc2)C1=O)OC. The molecule has 1 saturated heterocycles. The van der Waals surface area contributed by atoms with Crippen molar-refractivity contribution in [3.63, 3.8) is 0 Å². The maximum Gasteiger partial charge on any atom is 0.264 e. The highest BCUT2D eigenvalue weighted by molar-refractivity contribution is 7.12. The van der Waals surface area contributed by atoms with Crippen molar-refractivity contribution in [1.82, 2.24) is 4.90 Å². The minimum Gasteiger partial charge on any atom is -0.354 e. The molecule has 0 N–H and O–H groups in total. The third-order valence-electron chi connectivity index (χ3n) is 4.38. The molecule has 8 heteroatoms. The van der Waals surface area contributed by atoms with E-state index in [9.17, 15) is 14.4 Å². The number of thiophene rings is 1. The third-order valence-corrected chi connectivity index (χ3v) is 5.24. The lowest BCUT2D eigenvalue weighted by molar-refractivity contribution is -0.128. The summed E-state index contributed by atoms with van der Waals surface area (Å²) in [7, 11) is 2.92. The summed E-state index contributed by atoms with van der Waals surface area (Å²) in [5.74, 6) is -1.10. The zero-order valence-electron chi connectivity index (χ0n) is 15.0. The Morgan fingerprint density at radius 3 is 2.48 bits per heavy atom. The molecular weight excluding hydrogens is 368 g/mol. The Hall–Kier alpha value is -2.55. The Balaban J connectivity index is 1.91. The van der Waals surface area contributed by atoms with Crippen LogP contribution in [0.4, 0.5) is 5.69 Å². The van der Waals surface area contributed by atoms with E-state index in [1.165, 1.54) is 30.5 Å². The fourth-order valence-corrected chi connectivity index (χ4v) is 3.69. The fraction of sp³-hybridized carbons (Fsp3) is 0.316. The first kappa shape index (κ1) is 19.2. The first-order valence-electron chi connectivity index (χ1n) is 8.38. The second-order valence-electron chi connectivity index (χ2n) is 5.96. The molecular formula is C19H20N2O5S. The molecule has 1 atom stereocenters. The van der Waals surface area contributed by atoms with Crippen LogP contribution in [-0.2, 0) is 19.1 Å². The fourth-order valence-electron chi connectivity index (χ4n) is 3.01. The number of imide groups is 1. The van der Waals surface area contributed by atoms with Gasteiger partial charge < -0.3 is 14.4 Å². The Kier molecular flexibility index (Phi) is 6.00. The molecule has 7 nitrogen and oxygen atoms in total. The topological polar surface area (TPSA) is 76.2 Å². The highest BCUT2D eigenvalue weighted by Gasteiger charge is 2.45. The number of nitrogens with zero attached hydrogens (tertiary/aromatic N) is 2. The van der Waals surface area contributed by atoms with Gasteiger partial charge >= 0.3 is 0 Å². The van der Waals surface area contributed by atoms with Gasteiger partial charge in [-0.05, 0) is 23.6 Å². The van der Waals surface area contributed by atoms with Gasteiger partial charge in [-0.2, -0.15) is 0 Å². The van der Waals surface area contributed by atoms with Crippen molar-refractivity contribution in [2.24, 2.45) is 0 Å². The molecule has 0 aliphatic carbocycles. The van der Waals surface area contributed by atoms with Gasteiger partial charge in [0, 0.05) is 14.2 Å². The molecule has 0 saturated carbocycles. The summed E-state index contributed by atoms with van der Waals surface area (Å²) in [6, 6.07) is 11.2. The number of ether oxygens (including phenoxy) is 2. The van der Waals surface area contributed by atoms with Gasteiger partial charge in [-0.1, -0.05) is 24.3 Å². The number of hydrogen-bond donors (Lipinski definition) is 0. The standard InChI is InChI=1S/C19H20N2O5S/c1-25-17(26-2)12-20(19(24)15-9-6-10-27-15)14-11-16(22)21(18(14)23)13-7-4-3-5-8-13/h3-10,14,17H,11-12H2,1-2H3. The van der Waals surface area contributed by atoms with Crippen LogP contribution in [-0.4, -0.2) is 55.7 Å². The van der Waals surface area contributed by atoms with E-state index in [2.05, 4.69) is 0 Å². The summed E-state index contributed by atoms with van der Waals surface area (Å²) in [6.45, 7) is 0.0377. The quantitative estimate of drug-likeness (QED) is 0.537. The number of rotatable bonds is 7. The van der Waals surface area contributed by atoms with Crippen LogP contribution in [0.5, 0.6) is 0 Å². The third kappa shape index (κ3) is 3.92. The number of anilines is 1. The summed E-state index contributed by atoms with van der Waals surface area (Å²) in [4.78, 5) is 41.5. The maximum atomic E-state index is 13.0. The van der Waals surface area contributed by atoms with E-state index in [1.54, 1.807) is 47.8 Å². The Morgan fingerprint density at radius 2 is 1.89 bits per heavy atom. The Bertz CT molecular complexity index is 805. The molecule has 2 aromatic rings. The van der Waals surface area contributed by atoms with E-state index in [4.69, 9.17) is 9.47 Å². The van der Waals surface area contributed by atoms with E-state index in [0.717, 1.165) is 4.90 Å². The second-order valence-corrected chi connectivity index (χ2v) is 6.91. The van der Waals surface area contributed by atoms with Crippen molar-refractivity contribution in [2.45, 2.75) is 18.8 Å². The highest BCUT2D eigenvalue weighted by atomic mass is 32.1. The first-order valence-corrected chi connectivity index (χ1v) is 9.26. The predicted molar refractivity (Wildman–Crippen MR) is 101 cm³/mol. The lowest BCUT2D eigenvalue weighted by atomic mass is 10.2. The zero-order valence-corrected chi connectivity index (χ0v) is 15.8. The van der Waals surface area contributed by atoms with Crippen molar-refractivity contribution >= 4 is 34.7 Å². The Morgan fingerprint density at radius 1 is 1.19 bits per heavy atom. The van der Waals surface area contributed by atoms with Crippen LogP contribution in [0.3, 0.4) is 0 Å². The van der Waals surface area contributed by atoms with E-state index >= 15 is 0 Å². The molecule has 1 unspecified atom stereocenters. The molecule has 2 heterocycles. The molecule has 3 amide bonds. The van der Waals surface area contributed by atoms with Crippen LogP contribution in [0, 0.1) is 0 Å². The van der Waals surface area contributed by atoms with Crippen LogP contribution in [0.25, 0.3) is 0 Å². The molecule has 0 radical (unpaired) electrons. The van der Waals surface area contributed by atoms with E-state index in [-0.39, 0.29) is 24.8 Å². The van der Waals surface area contributed by atoms with Gasteiger partial charge in [-0.3, -0.25) is 14.4 Å².